The summed E-state index contributed by atoms with van der Waals surface area (Å²) in [5.41, 5.74) is 1.42. The fourth-order valence-electron chi connectivity index (χ4n) is 3.47. The first-order valence-corrected chi connectivity index (χ1v) is 9.63. The SMILES string of the molecule is CCCCn1c(=O)n(Cc2c(C)noc2C)c(=O)c2c1ncn2Cc1ccco1. The summed E-state index contributed by atoms with van der Waals surface area (Å²) in [7, 11) is 0. The van der Waals surface area contributed by atoms with Gasteiger partial charge in [0.2, 0.25) is 0 Å². The Labute approximate surface area is 166 Å². The van der Waals surface area contributed by atoms with E-state index in [1.165, 1.54) is 4.57 Å². The number of hydrogen-bond donors (Lipinski definition) is 0. The summed E-state index contributed by atoms with van der Waals surface area (Å²) >= 11 is 0. The molecule has 0 bridgehead atoms. The molecule has 0 atom stereocenters. The summed E-state index contributed by atoms with van der Waals surface area (Å²) in [4.78, 5) is 30.9. The Balaban J connectivity index is 1.92. The number of unbranched alkanes of at least 4 members (excludes halogenated alkanes) is 1. The van der Waals surface area contributed by atoms with Crippen LogP contribution < -0.4 is 11.2 Å². The van der Waals surface area contributed by atoms with Crippen molar-refractivity contribution in [3.8, 4) is 0 Å². The maximum Gasteiger partial charge on any atom is 0.333 e. The summed E-state index contributed by atoms with van der Waals surface area (Å²) in [6.45, 7) is 6.58. The van der Waals surface area contributed by atoms with Gasteiger partial charge >= 0.3 is 5.69 Å². The average Bonchev–Trinajstić information content (AvgIpc) is 3.42. The third-order valence-corrected chi connectivity index (χ3v) is 5.12. The third-order valence-electron chi connectivity index (χ3n) is 5.12. The first kappa shape index (κ1) is 19.0. The number of hydrogen-bond acceptors (Lipinski definition) is 6. The van der Waals surface area contributed by atoms with Crippen LogP contribution >= 0.6 is 0 Å². The van der Waals surface area contributed by atoms with Gasteiger partial charge in [0.15, 0.2) is 11.2 Å². The van der Waals surface area contributed by atoms with Gasteiger partial charge in [-0.1, -0.05) is 18.5 Å². The van der Waals surface area contributed by atoms with Crippen molar-refractivity contribution in [2.24, 2.45) is 0 Å². The first-order valence-electron chi connectivity index (χ1n) is 9.63. The van der Waals surface area contributed by atoms with E-state index in [0.717, 1.165) is 18.4 Å². The lowest BCUT2D eigenvalue weighted by Crippen LogP contribution is -2.41. The van der Waals surface area contributed by atoms with Crippen LogP contribution in [0.1, 0.15) is 42.5 Å². The molecule has 0 aliphatic heterocycles. The lowest BCUT2D eigenvalue weighted by atomic mass is 10.2. The van der Waals surface area contributed by atoms with Gasteiger partial charge in [-0.2, -0.15) is 0 Å². The largest absolute Gasteiger partial charge is 0.467 e. The van der Waals surface area contributed by atoms with Crippen LogP contribution in [0.3, 0.4) is 0 Å². The highest BCUT2D eigenvalue weighted by Gasteiger charge is 2.20. The molecule has 0 aliphatic carbocycles. The summed E-state index contributed by atoms with van der Waals surface area (Å²) in [6.07, 6.45) is 4.89. The standard InChI is InChI=1S/C20H23N5O4/c1-4-5-8-24-18-17(23(12-21-18)10-15-7-6-9-28-15)19(26)25(20(24)27)11-16-13(2)22-29-14(16)3/h6-7,9,12H,4-5,8,10-11H2,1-3H3. The third kappa shape index (κ3) is 3.32. The lowest BCUT2D eigenvalue weighted by molar-refractivity contribution is 0.391. The maximum absolute atomic E-state index is 13.3. The smallest absolute Gasteiger partial charge is 0.333 e. The van der Waals surface area contributed by atoms with E-state index in [1.807, 2.05) is 6.07 Å². The molecule has 9 heteroatoms. The Kier molecular flexibility index (Phi) is 4.96. The number of imidazole rings is 1. The molecular weight excluding hydrogens is 374 g/mol. The van der Waals surface area contributed by atoms with Crippen LogP contribution in [0, 0.1) is 13.8 Å². The molecule has 0 N–H and O–H groups in total. The van der Waals surface area contributed by atoms with Gasteiger partial charge in [-0.25, -0.2) is 9.78 Å². The van der Waals surface area contributed by atoms with E-state index in [1.54, 1.807) is 41.6 Å². The second-order valence-electron chi connectivity index (χ2n) is 7.11. The zero-order chi connectivity index (χ0) is 20.5. The van der Waals surface area contributed by atoms with E-state index < -0.39 is 0 Å². The van der Waals surface area contributed by atoms with Crippen LogP contribution in [0.25, 0.3) is 11.2 Å². The highest BCUT2D eigenvalue weighted by atomic mass is 16.5. The molecule has 0 aliphatic rings. The molecule has 0 amide bonds. The van der Waals surface area contributed by atoms with Gasteiger partial charge in [-0.3, -0.25) is 13.9 Å². The predicted molar refractivity (Wildman–Crippen MR) is 106 cm³/mol. The molecule has 0 unspecified atom stereocenters. The highest BCUT2D eigenvalue weighted by molar-refractivity contribution is 5.70. The van der Waals surface area contributed by atoms with Crippen molar-refractivity contribution in [3.05, 3.63) is 68.3 Å². The molecule has 0 saturated carbocycles. The van der Waals surface area contributed by atoms with E-state index in [-0.39, 0.29) is 17.8 Å². The van der Waals surface area contributed by atoms with E-state index in [4.69, 9.17) is 8.94 Å². The quantitative estimate of drug-likeness (QED) is 0.475. The number of furan rings is 1. The fourth-order valence-corrected chi connectivity index (χ4v) is 3.47. The fraction of sp³-hybridized carbons (Fsp3) is 0.400. The molecule has 4 aromatic rings. The molecular formula is C20H23N5O4. The van der Waals surface area contributed by atoms with Crippen LogP contribution in [0.2, 0.25) is 0 Å². The minimum atomic E-state index is -0.387. The molecule has 0 spiro atoms. The Bertz CT molecular complexity index is 1240. The van der Waals surface area contributed by atoms with Gasteiger partial charge in [0, 0.05) is 12.1 Å². The first-order chi connectivity index (χ1) is 14.0. The van der Waals surface area contributed by atoms with Crippen LogP contribution in [-0.4, -0.2) is 23.8 Å². The second-order valence-corrected chi connectivity index (χ2v) is 7.11. The second kappa shape index (κ2) is 7.57. The topological polar surface area (TPSA) is 101 Å². The Morgan fingerprint density at radius 1 is 1.14 bits per heavy atom. The summed E-state index contributed by atoms with van der Waals surface area (Å²) in [5, 5.41) is 3.93. The normalized spacial score (nSPS) is 11.6. The van der Waals surface area contributed by atoms with Gasteiger partial charge in [0.25, 0.3) is 5.56 Å². The molecule has 0 radical (unpaired) electrons. The Morgan fingerprint density at radius 3 is 2.62 bits per heavy atom. The summed E-state index contributed by atoms with van der Waals surface area (Å²) in [6, 6.07) is 3.63. The van der Waals surface area contributed by atoms with Crippen molar-refractivity contribution in [2.45, 2.75) is 53.2 Å². The molecule has 4 rings (SSSR count). The minimum Gasteiger partial charge on any atom is -0.467 e. The molecule has 0 saturated heterocycles. The maximum atomic E-state index is 13.3. The zero-order valence-electron chi connectivity index (χ0n) is 16.7. The van der Waals surface area contributed by atoms with E-state index in [0.29, 0.717) is 41.5 Å². The molecule has 152 valence electrons. The van der Waals surface area contributed by atoms with Crippen molar-refractivity contribution in [1.29, 1.82) is 0 Å². The molecule has 4 heterocycles. The van der Waals surface area contributed by atoms with E-state index >= 15 is 0 Å². The van der Waals surface area contributed by atoms with Gasteiger partial charge in [0.05, 0.1) is 31.4 Å². The average molecular weight is 397 g/mol. The molecule has 4 aromatic heterocycles. The zero-order valence-corrected chi connectivity index (χ0v) is 16.7. The van der Waals surface area contributed by atoms with Gasteiger partial charge in [-0.05, 0) is 32.4 Å². The van der Waals surface area contributed by atoms with Crippen LogP contribution in [0.5, 0.6) is 0 Å². The molecule has 0 aromatic carbocycles. The van der Waals surface area contributed by atoms with E-state index in [9.17, 15) is 9.59 Å². The number of aryl methyl sites for hydroxylation is 3. The number of fused-ring (bicyclic) bond motifs is 1. The number of aromatic nitrogens is 5. The Morgan fingerprint density at radius 2 is 1.97 bits per heavy atom. The molecule has 9 nitrogen and oxygen atoms in total. The highest BCUT2D eigenvalue weighted by Crippen LogP contribution is 2.15. The lowest BCUT2D eigenvalue weighted by Gasteiger charge is -2.12. The van der Waals surface area contributed by atoms with Gasteiger partial charge in [-0.15, -0.1) is 0 Å². The number of nitrogens with zero attached hydrogens (tertiary/aromatic N) is 5. The van der Waals surface area contributed by atoms with Crippen LogP contribution in [0.4, 0.5) is 0 Å². The Hall–Kier alpha value is -3.36. The predicted octanol–water partition coefficient (Wildman–Crippen LogP) is 2.45. The summed E-state index contributed by atoms with van der Waals surface area (Å²) in [5.74, 6) is 1.30. The van der Waals surface area contributed by atoms with Crippen molar-refractivity contribution in [1.82, 2.24) is 23.8 Å². The molecule has 0 fully saturated rings. The minimum absolute atomic E-state index is 0.104. The van der Waals surface area contributed by atoms with Crippen LogP contribution in [-0.2, 0) is 19.6 Å². The number of rotatable bonds is 7. The van der Waals surface area contributed by atoms with Crippen molar-refractivity contribution in [2.75, 3.05) is 0 Å². The molecule has 29 heavy (non-hydrogen) atoms. The van der Waals surface area contributed by atoms with Gasteiger partial charge < -0.3 is 13.5 Å². The van der Waals surface area contributed by atoms with Crippen molar-refractivity contribution in [3.63, 3.8) is 0 Å². The summed E-state index contributed by atoms with van der Waals surface area (Å²) < 4.78 is 15.2. The van der Waals surface area contributed by atoms with Crippen molar-refractivity contribution < 1.29 is 8.94 Å². The van der Waals surface area contributed by atoms with Gasteiger partial charge in [0.1, 0.15) is 11.5 Å². The van der Waals surface area contributed by atoms with E-state index in [2.05, 4.69) is 17.1 Å². The van der Waals surface area contributed by atoms with Crippen molar-refractivity contribution >= 4 is 11.2 Å². The monoisotopic (exact) mass is 397 g/mol. The van der Waals surface area contributed by atoms with Crippen LogP contribution in [0.15, 0.2) is 43.3 Å².